The average Bonchev–Trinajstić information content (AvgIpc) is 2.91. The van der Waals surface area contributed by atoms with Gasteiger partial charge in [-0.05, 0) is 18.4 Å². The number of hydrogen-bond acceptors (Lipinski definition) is 3. The van der Waals surface area contributed by atoms with Gasteiger partial charge in [0.2, 0.25) is 0 Å². The molecule has 2 aromatic rings. The highest BCUT2D eigenvalue weighted by molar-refractivity contribution is 5.94. The molecule has 0 spiro atoms. The van der Waals surface area contributed by atoms with Gasteiger partial charge in [0.25, 0.3) is 5.91 Å². The van der Waals surface area contributed by atoms with Gasteiger partial charge >= 0.3 is 0 Å². The maximum absolute atomic E-state index is 13.3. The van der Waals surface area contributed by atoms with Crippen LogP contribution in [-0.4, -0.2) is 34.1 Å². The molecule has 1 atom stereocenters. The molecule has 1 fully saturated rings. The topological polar surface area (TPSA) is 61.0 Å². The molecule has 126 valence electrons. The molecule has 3 heterocycles. The number of carbonyl (C=O) groups is 1. The lowest BCUT2D eigenvalue weighted by atomic mass is 10.00. The number of likely N-dealkylation sites (tertiary alicyclic amines) is 1. The maximum atomic E-state index is 13.3. The quantitative estimate of drug-likeness (QED) is 0.893. The summed E-state index contributed by atoms with van der Waals surface area (Å²) >= 11 is 0. The predicted molar refractivity (Wildman–Crippen MR) is 92.7 cm³/mol. The molecule has 2 N–H and O–H groups in total. The molecule has 1 unspecified atom stereocenters. The van der Waals surface area contributed by atoms with Gasteiger partial charge in [0, 0.05) is 37.3 Å². The minimum absolute atomic E-state index is 0.0759. The predicted octanol–water partition coefficient (Wildman–Crippen LogP) is 2.81. The summed E-state index contributed by atoms with van der Waals surface area (Å²) < 4.78 is 0. The number of nitrogens with zero attached hydrogens (tertiary/aromatic N) is 2. The third-order valence-electron chi connectivity index (χ3n) is 5.21. The second-order valence-electron chi connectivity index (χ2n) is 6.73. The second kappa shape index (κ2) is 6.77. The summed E-state index contributed by atoms with van der Waals surface area (Å²) in [6.45, 7) is 2.49. The summed E-state index contributed by atoms with van der Waals surface area (Å²) in [6.07, 6.45) is 5.37. The number of rotatable bonds is 2. The van der Waals surface area contributed by atoms with Gasteiger partial charge < -0.3 is 10.2 Å². The van der Waals surface area contributed by atoms with E-state index in [0.717, 1.165) is 50.2 Å². The summed E-state index contributed by atoms with van der Waals surface area (Å²) in [5, 5.41) is 10.8. The van der Waals surface area contributed by atoms with Crippen LogP contribution in [0.4, 0.5) is 0 Å². The van der Waals surface area contributed by atoms with Crippen molar-refractivity contribution in [2.75, 3.05) is 13.1 Å². The molecular weight excluding hydrogens is 300 g/mol. The molecule has 5 heteroatoms. The first-order valence-corrected chi connectivity index (χ1v) is 8.97. The molecule has 1 amide bonds. The number of aromatic nitrogens is 2. The third-order valence-corrected chi connectivity index (χ3v) is 5.21. The Morgan fingerprint density at radius 2 is 2.04 bits per heavy atom. The van der Waals surface area contributed by atoms with E-state index < -0.39 is 0 Å². The van der Waals surface area contributed by atoms with Gasteiger partial charge in [-0.25, -0.2) is 0 Å². The van der Waals surface area contributed by atoms with Crippen molar-refractivity contribution in [2.45, 2.75) is 44.7 Å². The Bertz CT molecular complexity index is 709. The van der Waals surface area contributed by atoms with Crippen molar-refractivity contribution in [3.8, 4) is 0 Å². The lowest BCUT2D eigenvalue weighted by molar-refractivity contribution is 0.0673. The van der Waals surface area contributed by atoms with Crippen LogP contribution in [0.1, 0.15) is 59.0 Å². The van der Waals surface area contributed by atoms with Crippen LogP contribution >= 0.6 is 0 Å². The molecule has 0 aliphatic carbocycles. The summed E-state index contributed by atoms with van der Waals surface area (Å²) in [4.78, 5) is 15.3. The second-order valence-corrected chi connectivity index (χ2v) is 6.73. The monoisotopic (exact) mass is 324 g/mol. The van der Waals surface area contributed by atoms with E-state index in [-0.39, 0.29) is 11.9 Å². The number of hydrogen-bond donors (Lipinski definition) is 2. The number of nitrogens with one attached hydrogen (secondary N) is 2. The van der Waals surface area contributed by atoms with Gasteiger partial charge in [-0.15, -0.1) is 0 Å². The molecular formula is C19H24N4O. The molecule has 1 aromatic carbocycles. The van der Waals surface area contributed by atoms with Crippen molar-refractivity contribution in [3.05, 3.63) is 52.8 Å². The molecule has 2 aliphatic heterocycles. The van der Waals surface area contributed by atoms with Gasteiger partial charge in [-0.2, -0.15) is 5.10 Å². The van der Waals surface area contributed by atoms with Crippen LogP contribution in [0.15, 0.2) is 30.3 Å². The fourth-order valence-corrected chi connectivity index (χ4v) is 3.91. The van der Waals surface area contributed by atoms with Crippen molar-refractivity contribution < 1.29 is 4.79 Å². The molecule has 0 bridgehead atoms. The highest BCUT2D eigenvalue weighted by atomic mass is 16.2. The van der Waals surface area contributed by atoms with Gasteiger partial charge in [-0.3, -0.25) is 9.89 Å². The van der Waals surface area contributed by atoms with Crippen LogP contribution in [-0.2, 0) is 13.0 Å². The standard InChI is InChI=1S/C19H24N4O/c24-19(18-15-13-20-11-10-16(15)21-22-18)23-12-6-2-5-9-17(23)14-7-3-1-4-8-14/h1,3-4,7-8,17,20H,2,5-6,9-13H2,(H,21,22). The summed E-state index contributed by atoms with van der Waals surface area (Å²) in [5.41, 5.74) is 4.01. The SMILES string of the molecule is O=C(c1n[nH]c2c1CNCC2)N1CCCCCC1c1ccccc1. The van der Waals surface area contributed by atoms with Gasteiger partial charge in [-0.1, -0.05) is 43.2 Å². The smallest absolute Gasteiger partial charge is 0.275 e. The molecule has 0 saturated carbocycles. The van der Waals surface area contributed by atoms with E-state index in [4.69, 9.17) is 0 Å². The van der Waals surface area contributed by atoms with Crippen molar-refractivity contribution in [1.82, 2.24) is 20.4 Å². The Morgan fingerprint density at radius 3 is 2.92 bits per heavy atom. The van der Waals surface area contributed by atoms with Crippen LogP contribution in [0.2, 0.25) is 0 Å². The van der Waals surface area contributed by atoms with E-state index in [2.05, 4.69) is 39.8 Å². The highest BCUT2D eigenvalue weighted by Gasteiger charge is 2.31. The Morgan fingerprint density at radius 1 is 1.17 bits per heavy atom. The third kappa shape index (κ3) is 2.84. The minimum Gasteiger partial charge on any atom is -0.330 e. The van der Waals surface area contributed by atoms with Crippen molar-refractivity contribution in [3.63, 3.8) is 0 Å². The normalized spacial score (nSPS) is 21.2. The zero-order valence-corrected chi connectivity index (χ0v) is 13.9. The fourth-order valence-electron chi connectivity index (χ4n) is 3.91. The van der Waals surface area contributed by atoms with Crippen LogP contribution < -0.4 is 5.32 Å². The van der Waals surface area contributed by atoms with Crippen LogP contribution in [0, 0.1) is 0 Å². The lowest BCUT2D eigenvalue weighted by Gasteiger charge is -2.30. The molecule has 1 saturated heterocycles. The first-order valence-electron chi connectivity index (χ1n) is 8.97. The van der Waals surface area contributed by atoms with E-state index in [1.807, 2.05) is 11.0 Å². The van der Waals surface area contributed by atoms with Crippen molar-refractivity contribution in [2.24, 2.45) is 0 Å². The number of aromatic amines is 1. The van der Waals surface area contributed by atoms with Gasteiger partial charge in [0.05, 0.1) is 6.04 Å². The molecule has 0 radical (unpaired) electrons. The minimum atomic E-state index is 0.0759. The van der Waals surface area contributed by atoms with E-state index >= 15 is 0 Å². The Kier molecular flexibility index (Phi) is 4.34. The number of amides is 1. The largest absolute Gasteiger partial charge is 0.330 e. The summed E-state index contributed by atoms with van der Waals surface area (Å²) in [7, 11) is 0. The maximum Gasteiger partial charge on any atom is 0.275 e. The Hall–Kier alpha value is -2.14. The van der Waals surface area contributed by atoms with Crippen molar-refractivity contribution >= 4 is 5.91 Å². The Balaban J connectivity index is 1.66. The van der Waals surface area contributed by atoms with Gasteiger partial charge in [0.1, 0.15) is 0 Å². The van der Waals surface area contributed by atoms with Gasteiger partial charge in [0.15, 0.2) is 5.69 Å². The number of carbonyl (C=O) groups excluding carboxylic acids is 1. The first kappa shape index (κ1) is 15.4. The summed E-state index contributed by atoms with van der Waals surface area (Å²) in [6, 6.07) is 10.6. The summed E-state index contributed by atoms with van der Waals surface area (Å²) in [5.74, 6) is 0.0759. The van der Waals surface area contributed by atoms with E-state index in [1.165, 1.54) is 18.4 Å². The van der Waals surface area contributed by atoms with Crippen LogP contribution in [0.5, 0.6) is 0 Å². The van der Waals surface area contributed by atoms with Crippen LogP contribution in [0.25, 0.3) is 0 Å². The van der Waals surface area contributed by atoms with Crippen LogP contribution in [0.3, 0.4) is 0 Å². The Labute approximate surface area is 142 Å². The lowest BCUT2D eigenvalue weighted by Crippen LogP contribution is -2.36. The fraction of sp³-hybridized carbons (Fsp3) is 0.474. The average molecular weight is 324 g/mol. The number of H-pyrrole nitrogens is 1. The van der Waals surface area contributed by atoms with E-state index in [9.17, 15) is 4.79 Å². The molecule has 4 rings (SSSR count). The molecule has 1 aromatic heterocycles. The first-order chi connectivity index (χ1) is 11.8. The van der Waals surface area contributed by atoms with E-state index in [1.54, 1.807) is 0 Å². The zero-order valence-electron chi connectivity index (χ0n) is 13.9. The molecule has 24 heavy (non-hydrogen) atoms. The molecule has 2 aliphatic rings. The van der Waals surface area contributed by atoms with Crippen molar-refractivity contribution in [1.29, 1.82) is 0 Å². The number of fused-ring (bicyclic) bond motifs is 1. The molecule has 5 nitrogen and oxygen atoms in total. The zero-order chi connectivity index (χ0) is 16.4. The number of benzene rings is 1. The highest BCUT2D eigenvalue weighted by Crippen LogP contribution is 2.32. The van der Waals surface area contributed by atoms with E-state index in [0.29, 0.717) is 5.69 Å².